The summed E-state index contributed by atoms with van der Waals surface area (Å²) in [7, 11) is 0. The Hall–Kier alpha value is -3.03. The Morgan fingerprint density at radius 2 is 1.93 bits per heavy atom. The van der Waals surface area contributed by atoms with Crippen molar-refractivity contribution in [2.75, 3.05) is 0 Å². The van der Waals surface area contributed by atoms with Crippen LogP contribution in [0.4, 0.5) is 4.39 Å². The summed E-state index contributed by atoms with van der Waals surface area (Å²) in [5.41, 5.74) is -0.491. The Bertz CT molecular complexity index is 1300. The number of carbonyl (C=O) groups is 1. The number of halogens is 2. The Labute approximate surface area is 173 Å². The first kappa shape index (κ1) is 19.3. The van der Waals surface area contributed by atoms with Gasteiger partial charge in [-0.25, -0.2) is 13.9 Å². The first-order valence-electron chi connectivity index (χ1n) is 8.64. The lowest BCUT2D eigenvalue weighted by Crippen LogP contribution is -2.24. The van der Waals surface area contributed by atoms with E-state index in [0.29, 0.717) is 15.6 Å². The fourth-order valence-corrected chi connectivity index (χ4v) is 4.31. The van der Waals surface area contributed by atoms with Gasteiger partial charge in [0.05, 0.1) is 9.90 Å². The van der Waals surface area contributed by atoms with Gasteiger partial charge in [0.15, 0.2) is 0 Å². The van der Waals surface area contributed by atoms with E-state index in [1.165, 1.54) is 34.2 Å². The van der Waals surface area contributed by atoms with E-state index in [1.807, 2.05) is 24.3 Å². The average molecular weight is 429 g/mol. The smallest absolute Gasteiger partial charge is 0.363 e. The molecule has 146 valence electrons. The molecule has 0 atom stereocenters. The Morgan fingerprint density at radius 1 is 1.21 bits per heavy atom. The van der Waals surface area contributed by atoms with Gasteiger partial charge in [0.25, 0.3) is 0 Å². The number of esters is 1. The molecule has 0 aliphatic rings. The molecule has 0 radical (unpaired) electrons. The summed E-state index contributed by atoms with van der Waals surface area (Å²) in [6.07, 6.45) is 0. The number of aryl methyl sites for hydroxylation is 1. The van der Waals surface area contributed by atoms with Crippen LogP contribution < -0.4 is 5.43 Å². The Morgan fingerprint density at radius 3 is 2.69 bits per heavy atom. The minimum absolute atomic E-state index is 0.0916. The van der Waals surface area contributed by atoms with Gasteiger partial charge in [-0.2, -0.15) is 5.10 Å². The van der Waals surface area contributed by atoms with Crippen molar-refractivity contribution in [3.8, 4) is 5.69 Å². The predicted octanol–water partition coefficient (Wildman–Crippen LogP) is 4.91. The van der Waals surface area contributed by atoms with E-state index in [1.54, 1.807) is 19.1 Å². The van der Waals surface area contributed by atoms with Crippen LogP contribution in [0.25, 0.3) is 15.8 Å². The maximum Gasteiger partial charge on any atom is 0.363 e. The van der Waals surface area contributed by atoms with Crippen LogP contribution in [-0.2, 0) is 11.3 Å². The lowest BCUT2D eigenvalue weighted by molar-refractivity contribution is 0.0466. The number of aromatic nitrogens is 2. The maximum atomic E-state index is 14.1. The van der Waals surface area contributed by atoms with Gasteiger partial charge in [0, 0.05) is 21.8 Å². The number of thiophene rings is 1. The molecule has 0 amide bonds. The van der Waals surface area contributed by atoms with E-state index in [-0.39, 0.29) is 12.3 Å². The molecule has 2 aromatic carbocycles. The van der Waals surface area contributed by atoms with Crippen LogP contribution in [0.15, 0.2) is 59.4 Å². The SMILES string of the molecule is Cc1cc(=O)c(C(=O)OCc2sc3ccccc3c2Cl)nn1-c1ccccc1F. The lowest BCUT2D eigenvalue weighted by Gasteiger charge is -2.11. The van der Waals surface area contributed by atoms with Gasteiger partial charge in [-0.15, -0.1) is 11.3 Å². The predicted molar refractivity (Wildman–Crippen MR) is 110 cm³/mol. The van der Waals surface area contributed by atoms with Crippen molar-refractivity contribution in [2.45, 2.75) is 13.5 Å². The zero-order valence-electron chi connectivity index (χ0n) is 15.2. The molecular formula is C21H14ClFN2O3S. The van der Waals surface area contributed by atoms with Crippen molar-refractivity contribution in [1.29, 1.82) is 0 Å². The summed E-state index contributed by atoms with van der Waals surface area (Å²) >= 11 is 7.76. The summed E-state index contributed by atoms with van der Waals surface area (Å²) in [4.78, 5) is 25.5. The van der Waals surface area contributed by atoms with Crippen molar-refractivity contribution in [3.63, 3.8) is 0 Å². The molecule has 0 aliphatic heterocycles. The fraction of sp³-hybridized carbons (Fsp3) is 0.0952. The molecule has 2 heterocycles. The molecular weight excluding hydrogens is 415 g/mol. The topological polar surface area (TPSA) is 61.2 Å². The van der Waals surface area contributed by atoms with E-state index >= 15 is 0 Å². The largest absolute Gasteiger partial charge is 0.455 e. The van der Waals surface area contributed by atoms with Crippen molar-refractivity contribution >= 4 is 39.0 Å². The third-order valence-corrected chi connectivity index (χ3v) is 6.01. The third kappa shape index (κ3) is 3.66. The summed E-state index contributed by atoms with van der Waals surface area (Å²) in [6.45, 7) is 1.51. The van der Waals surface area contributed by atoms with Crippen molar-refractivity contribution in [1.82, 2.24) is 9.78 Å². The van der Waals surface area contributed by atoms with Gasteiger partial charge in [0.2, 0.25) is 11.1 Å². The maximum absolute atomic E-state index is 14.1. The molecule has 0 saturated heterocycles. The molecule has 0 unspecified atom stereocenters. The summed E-state index contributed by atoms with van der Waals surface area (Å²) in [6, 6.07) is 14.8. The van der Waals surface area contributed by atoms with Crippen molar-refractivity contribution < 1.29 is 13.9 Å². The highest BCUT2D eigenvalue weighted by Crippen LogP contribution is 2.35. The molecule has 4 aromatic rings. The van der Waals surface area contributed by atoms with E-state index in [2.05, 4.69) is 5.10 Å². The molecule has 0 aliphatic carbocycles. The molecule has 5 nitrogen and oxygen atoms in total. The summed E-state index contributed by atoms with van der Waals surface area (Å²) in [5, 5.41) is 5.43. The van der Waals surface area contributed by atoms with Crippen LogP contribution in [0.5, 0.6) is 0 Å². The second kappa shape index (κ2) is 7.77. The first-order valence-corrected chi connectivity index (χ1v) is 9.84. The highest BCUT2D eigenvalue weighted by Gasteiger charge is 2.19. The molecule has 0 N–H and O–H groups in total. The number of nitrogens with zero attached hydrogens (tertiary/aromatic N) is 2. The number of rotatable bonds is 4. The number of hydrogen-bond acceptors (Lipinski definition) is 5. The van der Waals surface area contributed by atoms with Crippen LogP contribution in [0.1, 0.15) is 21.1 Å². The Kier molecular flexibility index (Phi) is 5.17. The molecule has 0 fully saturated rings. The summed E-state index contributed by atoms with van der Waals surface area (Å²) < 4.78 is 21.6. The highest BCUT2D eigenvalue weighted by atomic mass is 35.5. The first-order chi connectivity index (χ1) is 14.0. The van der Waals surface area contributed by atoms with Crippen LogP contribution in [0, 0.1) is 12.7 Å². The van der Waals surface area contributed by atoms with Crippen molar-refractivity contribution in [3.05, 3.63) is 91.9 Å². The van der Waals surface area contributed by atoms with E-state index in [9.17, 15) is 14.0 Å². The number of para-hydroxylation sites is 1. The van der Waals surface area contributed by atoms with E-state index < -0.39 is 22.9 Å². The number of fused-ring (bicyclic) bond motifs is 1. The molecule has 8 heteroatoms. The molecule has 0 bridgehead atoms. The van der Waals surface area contributed by atoms with Gasteiger partial charge in [-0.1, -0.05) is 41.9 Å². The zero-order chi connectivity index (χ0) is 20.5. The number of carbonyl (C=O) groups excluding carboxylic acids is 1. The van der Waals surface area contributed by atoms with Gasteiger partial charge in [-0.3, -0.25) is 4.79 Å². The van der Waals surface area contributed by atoms with Gasteiger partial charge >= 0.3 is 5.97 Å². The second-order valence-corrected chi connectivity index (χ2v) is 7.79. The average Bonchev–Trinajstić information content (AvgIpc) is 3.03. The number of hydrogen-bond donors (Lipinski definition) is 0. The summed E-state index contributed by atoms with van der Waals surface area (Å²) in [5.74, 6) is -1.42. The minimum atomic E-state index is -0.895. The minimum Gasteiger partial charge on any atom is -0.455 e. The van der Waals surface area contributed by atoms with Crippen LogP contribution in [-0.4, -0.2) is 15.7 Å². The van der Waals surface area contributed by atoms with Crippen LogP contribution in [0.2, 0.25) is 5.02 Å². The molecule has 2 aromatic heterocycles. The van der Waals surface area contributed by atoms with E-state index in [0.717, 1.165) is 10.1 Å². The number of ether oxygens (including phenoxy) is 1. The lowest BCUT2D eigenvalue weighted by atomic mass is 10.2. The third-order valence-electron chi connectivity index (χ3n) is 4.32. The molecule has 4 rings (SSSR count). The van der Waals surface area contributed by atoms with Crippen LogP contribution >= 0.6 is 22.9 Å². The van der Waals surface area contributed by atoms with Gasteiger partial charge in [0.1, 0.15) is 18.1 Å². The number of benzene rings is 2. The zero-order valence-corrected chi connectivity index (χ0v) is 16.8. The molecule has 0 spiro atoms. The van der Waals surface area contributed by atoms with E-state index in [4.69, 9.17) is 16.3 Å². The second-order valence-electron chi connectivity index (χ2n) is 6.27. The Balaban J connectivity index is 1.63. The highest BCUT2D eigenvalue weighted by molar-refractivity contribution is 7.19. The van der Waals surface area contributed by atoms with Crippen molar-refractivity contribution in [2.24, 2.45) is 0 Å². The molecule has 0 saturated carbocycles. The standard InChI is InChI=1S/C21H14ClFN2O3S/c1-12-10-16(26)20(24-25(12)15-8-4-3-7-14(15)23)21(27)28-11-18-19(22)13-6-2-5-9-17(13)29-18/h2-10H,11H2,1H3. The fourth-order valence-electron chi connectivity index (χ4n) is 2.91. The quantitative estimate of drug-likeness (QED) is 0.433. The monoisotopic (exact) mass is 428 g/mol. The normalized spacial score (nSPS) is 11.0. The molecule has 29 heavy (non-hydrogen) atoms. The van der Waals surface area contributed by atoms with Gasteiger partial charge in [-0.05, 0) is 25.1 Å². The van der Waals surface area contributed by atoms with Gasteiger partial charge < -0.3 is 4.74 Å². The van der Waals surface area contributed by atoms with Crippen LogP contribution in [0.3, 0.4) is 0 Å².